The van der Waals surface area contributed by atoms with Gasteiger partial charge in [-0.1, -0.05) is 45.1 Å². The highest BCUT2D eigenvalue weighted by molar-refractivity contribution is 5.72. The number of epoxide rings is 1. The first-order chi connectivity index (χ1) is 19.2. The third-order valence-corrected chi connectivity index (χ3v) is 8.10. The van der Waals surface area contributed by atoms with Crippen molar-refractivity contribution in [3.05, 3.63) is 47.3 Å². The Morgan fingerprint density at radius 3 is 2.59 bits per heavy atom. The number of carbonyl (C=O) groups excluding carboxylic acids is 2. The summed E-state index contributed by atoms with van der Waals surface area (Å²) in [5.41, 5.74) is -0.302. The van der Waals surface area contributed by atoms with Gasteiger partial charge in [0.15, 0.2) is 0 Å². The lowest BCUT2D eigenvalue weighted by atomic mass is 9.89. The minimum atomic E-state index is -1.57. The van der Waals surface area contributed by atoms with E-state index in [1.807, 2.05) is 19.1 Å². The van der Waals surface area contributed by atoms with Crippen molar-refractivity contribution in [3.8, 4) is 0 Å². The summed E-state index contributed by atoms with van der Waals surface area (Å²) < 4.78 is 22.4. The van der Waals surface area contributed by atoms with Crippen molar-refractivity contribution in [1.29, 1.82) is 0 Å². The first-order valence-electron chi connectivity index (χ1n) is 14.6. The van der Waals surface area contributed by atoms with Gasteiger partial charge in [0.05, 0.1) is 42.5 Å². The van der Waals surface area contributed by atoms with Gasteiger partial charge in [-0.05, 0) is 57.3 Å². The molecule has 3 N–H and O–H groups in total. The van der Waals surface area contributed by atoms with Crippen LogP contribution in [0.4, 0.5) is 0 Å². The molecule has 9 nitrogen and oxygen atoms in total. The lowest BCUT2D eigenvalue weighted by Crippen LogP contribution is -2.41. The predicted octanol–water partition coefficient (Wildman–Crippen LogP) is 4.31. The van der Waals surface area contributed by atoms with E-state index in [9.17, 15) is 24.9 Å². The first kappa shape index (κ1) is 34.9. The molecule has 1 fully saturated rings. The molecule has 9 heteroatoms. The summed E-state index contributed by atoms with van der Waals surface area (Å²) in [4.78, 5) is 24.3. The number of aliphatic hydroxyl groups excluding tert-OH is 2. The summed E-state index contributed by atoms with van der Waals surface area (Å²) in [6, 6.07) is 0. The SMILES string of the molecule is CCC(OC)C(C)C1OC1CC(O)C(C)/C=C/C=C(C)/C1=C(C)/C=C/C(OC(C)=O)CCC(C)(O)C(O)CC(=O)O1. The molecular formula is C32H50O9. The van der Waals surface area contributed by atoms with E-state index in [2.05, 4.69) is 13.8 Å². The molecule has 0 aliphatic carbocycles. The molecule has 41 heavy (non-hydrogen) atoms. The molecule has 232 valence electrons. The molecule has 0 spiro atoms. The predicted molar refractivity (Wildman–Crippen MR) is 156 cm³/mol. The van der Waals surface area contributed by atoms with Crippen molar-refractivity contribution in [1.82, 2.24) is 0 Å². The van der Waals surface area contributed by atoms with E-state index in [0.29, 0.717) is 23.3 Å². The molecule has 0 bridgehead atoms. The van der Waals surface area contributed by atoms with Crippen LogP contribution in [0, 0.1) is 11.8 Å². The molecule has 2 aliphatic rings. The summed E-state index contributed by atoms with van der Waals surface area (Å²) in [6.07, 6.45) is 7.99. The molecule has 2 aliphatic heterocycles. The number of allylic oxidation sites excluding steroid dienone is 5. The standard InChI is InChI=1S/C32H50O9/c1-9-26(38-8)22(5)31-27(40-31)17-25(34)19(2)11-10-12-20(3)30-21(4)13-14-24(39-23(6)33)15-16-32(7,37)28(35)18-29(36)41-30/h10-14,19,22,24-28,31,34-35,37H,9,15-18H2,1-8H3/b11-10+,14-13+,20-12+,30-21-. The van der Waals surface area contributed by atoms with Crippen molar-refractivity contribution < 1.29 is 43.9 Å². The second-order valence-electron chi connectivity index (χ2n) is 11.7. The maximum absolute atomic E-state index is 12.7. The van der Waals surface area contributed by atoms with Crippen LogP contribution in [0.25, 0.3) is 0 Å². The molecule has 0 aromatic heterocycles. The van der Waals surface area contributed by atoms with E-state index >= 15 is 0 Å². The number of esters is 2. The number of rotatable bonds is 11. The number of cyclic esters (lactones) is 1. The van der Waals surface area contributed by atoms with Crippen LogP contribution in [0.5, 0.6) is 0 Å². The van der Waals surface area contributed by atoms with Gasteiger partial charge >= 0.3 is 11.9 Å². The maximum Gasteiger partial charge on any atom is 0.313 e. The average Bonchev–Trinajstić information content (AvgIpc) is 3.67. The lowest BCUT2D eigenvalue weighted by molar-refractivity contribution is -0.148. The van der Waals surface area contributed by atoms with Crippen molar-refractivity contribution >= 4 is 11.9 Å². The third kappa shape index (κ3) is 10.8. The molecule has 2 rings (SSSR count). The largest absolute Gasteiger partial charge is 0.458 e. The van der Waals surface area contributed by atoms with Crippen LogP contribution in [0.15, 0.2) is 47.3 Å². The minimum absolute atomic E-state index is 0.0134. The number of aliphatic hydroxyl groups is 3. The van der Waals surface area contributed by atoms with Gasteiger partial charge in [-0.15, -0.1) is 0 Å². The fourth-order valence-electron chi connectivity index (χ4n) is 5.15. The summed E-state index contributed by atoms with van der Waals surface area (Å²) in [5, 5.41) is 32.0. The van der Waals surface area contributed by atoms with Gasteiger partial charge in [0.2, 0.25) is 0 Å². The van der Waals surface area contributed by atoms with Crippen LogP contribution in [-0.2, 0) is 28.5 Å². The second-order valence-corrected chi connectivity index (χ2v) is 11.7. The Balaban J connectivity index is 2.15. The zero-order chi connectivity index (χ0) is 30.9. The van der Waals surface area contributed by atoms with Crippen molar-refractivity contribution in [2.24, 2.45) is 11.8 Å². The van der Waals surface area contributed by atoms with E-state index in [1.54, 1.807) is 39.2 Å². The number of methoxy groups -OCH3 is 1. The van der Waals surface area contributed by atoms with Gasteiger partial charge < -0.3 is 34.3 Å². The van der Waals surface area contributed by atoms with Crippen LogP contribution >= 0.6 is 0 Å². The fourth-order valence-corrected chi connectivity index (χ4v) is 5.15. The quantitative estimate of drug-likeness (QED) is 0.186. The monoisotopic (exact) mass is 578 g/mol. The Hall–Kier alpha value is -2.30. The zero-order valence-corrected chi connectivity index (χ0v) is 25.8. The summed E-state index contributed by atoms with van der Waals surface area (Å²) in [7, 11) is 1.71. The molecule has 0 radical (unpaired) electrons. The summed E-state index contributed by atoms with van der Waals surface area (Å²) in [5.74, 6) is -0.722. The number of carbonyl (C=O) groups is 2. The van der Waals surface area contributed by atoms with E-state index in [-0.39, 0.29) is 43.0 Å². The van der Waals surface area contributed by atoms with E-state index < -0.39 is 42.3 Å². The van der Waals surface area contributed by atoms with E-state index in [4.69, 9.17) is 18.9 Å². The van der Waals surface area contributed by atoms with Gasteiger partial charge in [-0.25, -0.2) is 0 Å². The molecule has 2 heterocycles. The fraction of sp³-hybridized carbons (Fsp3) is 0.688. The highest BCUT2D eigenvalue weighted by Gasteiger charge is 2.46. The normalized spacial score (nSPS) is 33.6. The van der Waals surface area contributed by atoms with Crippen molar-refractivity contribution in [2.45, 2.75) is 123 Å². The molecule has 9 atom stereocenters. The van der Waals surface area contributed by atoms with Gasteiger partial charge in [0.25, 0.3) is 0 Å². The Labute approximate surface area is 244 Å². The number of hydrogen-bond donors (Lipinski definition) is 3. The Bertz CT molecular complexity index is 1000. The Kier molecular flexibility index (Phi) is 13.4. The Morgan fingerprint density at radius 1 is 1.29 bits per heavy atom. The average molecular weight is 579 g/mol. The lowest BCUT2D eigenvalue weighted by Gasteiger charge is -2.30. The minimum Gasteiger partial charge on any atom is -0.458 e. The van der Waals surface area contributed by atoms with Gasteiger partial charge in [0, 0.05) is 32.3 Å². The summed E-state index contributed by atoms with van der Waals surface area (Å²) in [6.45, 7) is 12.4. The zero-order valence-electron chi connectivity index (χ0n) is 25.8. The number of hydrogen-bond acceptors (Lipinski definition) is 9. The molecule has 1 saturated heterocycles. The second kappa shape index (κ2) is 15.8. The topological polar surface area (TPSA) is 135 Å². The third-order valence-electron chi connectivity index (χ3n) is 8.10. The highest BCUT2D eigenvalue weighted by Crippen LogP contribution is 2.37. The van der Waals surface area contributed by atoms with Crippen LogP contribution in [0.1, 0.15) is 80.6 Å². The molecule has 0 aromatic rings. The Morgan fingerprint density at radius 2 is 1.98 bits per heavy atom. The molecule has 9 unspecified atom stereocenters. The van der Waals surface area contributed by atoms with Crippen LogP contribution in [-0.4, -0.2) is 76.6 Å². The first-order valence-corrected chi connectivity index (χ1v) is 14.6. The van der Waals surface area contributed by atoms with Crippen LogP contribution < -0.4 is 0 Å². The molecule has 0 amide bonds. The van der Waals surface area contributed by atoms with E-state index in [1.165, 1.54) is 13.8 Å². The molecule has 0 saturated carbocycles. The molecular weight excluding hydrogens is 528 g/mol. The van der Waals surface area contributed by atoms with Crippen LogP contribution in [0.2, 0.25) is 0 Å². The van der Waals surface area contributed by atoms with Crippen LogP contribution in [0.3, 0.4) is 0 Å². The number of ether oxygens (including phenoxy) is 4. The van der Waals surface area contributed by atoms with Gasteiger partial charge in [-0.2, -0.15) is 0 Å². The van der Waals surface area contributed by atoms with Gasteiger partial charge in [0.1, 0.15) is 11.9 Å². The summed E-state index contributed by atoms with van der Waals surface area (Å²) >= 11 is 0. The van der Waals surface area contributed by atoms with Crippen molar-refractivity contribution in [2.75, 3.05) is 7.11 Å². The van der Waals surface area contributed by atoms with E-state index in [0.717, 1.165) is 6.42 Å². The van der Waals surface area contributed by atoms with Gasteiger partial charge in [-0.3, -0.25) is 9.59 Å². The maximum atomic E-state index is 12.7. The highest BCUT2D eigenvalue weighted by atomic mass is 16.6. The molecule has 0 aromatic carbocycles. The van der Waals surface area contributed by atoms with Crippen molar-refractivity contribution in [3.63, 3.8) is 0 Å². The smallest absolute Gasteiger partial charge is 0.313 e.